The summed E-state index contributed by atoms with van der Waals surface area (Å²) in [7, 11) is 4.37. The van der Waals surface area contributed by atoms with E-state index in [1.54, 1.807) is 0 Å². The highest BCUT2D eigenvalue weighted by atomic mass is 32.1. The summed E-state index contributed by atoms with van der Waals surface area (Å²) in [4.78, 5) is 2.37. The molecule has 0 amide bonds. The fraction of sp³-hybridized carbons (Fsp3) is 0.588. The lowest BCUT2D eigenvalue weighted by Crippen LogP contribution is -2.54. The number of nitrogens with one attached hydrogen (secondary N) is 2. The zero-order chi connectivity index (χ0) is 15.3. The molecule has 1 aliphatic carbocycles. The Kier molecular flexibility index (Phi) is 5.59. The first-order valence-corrected chi connectivity index (χ1v) is 8.22. The van der Waals surface area contributed by atoms with Crippen LogP contribution in [0.25, 0.3) is 0 Å². The Morgan fingerprint density at radius 1 is 1.24 bits per heavy atom. The first kappa shape index (κ1) is 16.2. The summed E-state index contributed by atoms with van der Waals surface area (Å²) in [6, 6.07) is 8.28. The van der Waals surface area contributed by atoms with Crippen molar-refractivity contribution in [3.63, 3.8) is 0 Å². The van der Waals surface area contributed by atoms with Crippen LogP contribution in [0.2, 0.25) is 0 Å². The second-order valence-electron chi connectivity index (χ2n) is 6.36. The Morgan fingerprint density at radius 3 is 2.57 bits per heavy atom. The van der Waals surface area contributed by atoms with Crippen molar-refractivity contribution in [2.75, 3.05) is 26.0 Å². The molecule has 1 saturated carbocycles. The normalized spacial score (nSPS) is 17.5. The lowest BCUT2D eigenvalue weighted by Gasteiger charge is -2.43. The largest absolute Gasteiger partial charge is 0.361 e. The number of hydrogen-bond acceptors (Lipinski definition) is 2. The van der Waals surface area contributed by atoms with E-state index in [0.717, 1.165) is 12.2 Å². The van der Waals surface area contributed by atoms with Crippen LogP contribution >= 0.6 is 12.2 Å². The molecular weight excluding hydrogens is 278 g/mol. The van der Waals surface area contributed by atoms with E-state index in [4.69, 9.17) is 12.2 Å². The molecule has 0 radical (unpaired) electrons. The van der Waals surface area contributed by atoms with Crippen molar-refractivity contribution in [3.05, 3.63) is 29.8 Å². The summed E-state index contributed by atoms with van der Waals surface area (Å²) < 4.78 is 0. The second-order valence-corrected chi connectivity index (χ2v) is 6.76. The molecule has 2 N–H and O–H groups in total. The lowest BCUT2D eigenvalue weighted by atomic mass is 9.80. The number of thiocarbonyl (C=S) groups is 1. The molecule has 0 heterocycles. The van der Waals surface area contributed by atoms with E-state index in [9.17, 15) is 0 Å². The molecule has 1 aromatic carbocycles. The van der Waals surface area contributed by atoms with Gasteiger partial charge in [0.2, 0.25) is 0 Å². The standard InChI is InChI=1S/C17H27N3S/c1-14-8-7-9-15(12-14)19-16(21)18-13-17(20(2)3)10-5-4-6-11-17/h7-9,12H,4-6,10-11,13H2,1-3H3,(H2,18,19,21). The van der Waals surface area contributed by atoms with Crippen molar-refractivity contribution in [1.82, 2.24) is 10.2 Å². The predicted octanol–water partition coefficient (Wildman–Crippen LogP) is 3.55. The molecule has 0 saturated heterocycles. The van der Waals surface area contributed by atoms with Crippen LogP contribution in [0.15, 0.2) is 24.3 Å². The summed E-state index contributed by atoms with van der Waals surface area (Å²) in [5.41, 5.74) is 2.53. The van der Waals surface area contributed by atoms with Gasteiger partial charge in [0, 0.05) is 17.8 Å². The minimum atomic E-state index is 0.247. The molecule has 1 fully saturated rings. The van der Waals surface area contributed by atoms with Gasteiger partial charge in [0.15, 0.2) is 5.11 Å². The molecule has 4 heteroatoms. The van der Waals surface area contributed by atoms with E-state index >= 15 is 0 Å². The van der Waals surface area contributed by atoms with Gasteiger partial charge in [0.1, 0.15) is 0 Å². The van der Waals surface area contributed by atoms with Crippen LogP contribution in [0, 0.1) is 6.92 Å². The summed E-state index contributed by atoms with van der Waals surface area (Å²) in [5, 5.41) is 7.42. The fourth-order valence-electron chi connectivity index (χ4n) is 3.13. The number of hydrogen-bond donors (Lipinski definition) is 2. The summed E-state index contributed by atoms with van der Waals surface area (Å²) >= 11 is 5.44. The molecule has 3 nitrogen and oxygen atoms in total. The summed E-state index contributed by atoms with van der Waals surface area (Å²) in [5.74, 6) is 0. The Labute approximate surface area is 134 Å². The molecule has 1 aromatic rings. The number of nitrogens with zero attached hydrogens (tertiary/aromatic N) is 1. The zero-order valence-electron chi connectivity index (χ0n) is 13.4. The van der Waals surface area contributed by atoms with Gasteiger partial charge < -0.3 is 15.5 Å². The average Bonchev–Trinajstić information content (AvgIpc) is 2.46. The van der Waals surface area contributed by atoms with Crippen molar-refractivity contribution < 1.29 is 0 Å². The molecule has 21 heavy (non-hydrogen) atoms. The molecule has 0 aliphatic heterocycles. The minimum Gasteiger partial charge on any atom is -0.361 e. The number of anilines is 1. The van der Waals surface area contributed by atoms with Crippen molar-refractivity contribution in [3.8, 4) is 0 Å². The van der Waals surface area contributed by atoms with Gasteiger partial charge in [-0.3, -0.25) is 0 Å². The van der Waals surface area contributed by atoms with E-state index in [2.05, 4.69) is 48.7 Å². The number of likely N-dealkylation sites (N-methyl/N-ethyl adjacent to an activating group) is 1. The molecule has 116 valence electrons. The van der Waals surface area contributed by atoms with E-state index < -0.39 is 0 Å². The van der Waals surface area contributed by atoms with Crippen molar-refractivity contribution in [1.29, 1.82) is 0 Å². The molecule has 0 bridgehead atoms. The first-order valence-electron chi connectivity index (χ1n) is 7.81. The summed E-state index contributed by atoms with van der Waals surface area (Å²) in [6.07, 6.45) is 6.50. The van der Waals surface area contributed by atoms with Gasteiger partial charge in [0.25, 0.3) is 0 Å². The smallest absolute Gasteiger partial charge is 0.170 e. The van der Waals surface area contributed by atoms with Crippen LogP contribution in [0.5, 0.6) is 0 Å². The highest BCUT2D eigenvalue weighted by Gasteiger charge is 2.34. The quantitative estimate of drug-likeness (QED) is 0.832. The van der Waals surface area contributed by atoms with E-state index in [-0.39, 0.29) is 5.54 Å². The van der Waals surface area contributed by atoms with Crippen LogP contribution in [0.3, 0.4) is 0 Å². The van der Waals surface area contributed by atoms with Crippen LogP contribution in [-0.2, 0) is 0 Å². The number of aryl methyl sites for hydroxylation is 1. The maximum absolute atomic E-state index is 5.44. The highest BCUT2D eigenvalue weighted by Crippen LogP contribution is 2.31. The van der Waals surface area contributed by atoms with Gasteiger partial charge in [-0.1, -0.05) is 31.4 Å². The van der Waals surface area contributed by atoms with Crippen LogP contribution in [0.1, 0.15) is 37.7 Å². The molecule has 0 aromatic heterocycles. The monoisotopic (exact) mass is 305 g/mol. The van der Waals surface area contributed by atoms with Gasteiger partial charge in [-0.15, -0.1) is 0 Å². The maximum Gasteiger partial charge on any atom is 0.170 e. The number of benzene rings is 1. The third kappa shape index (κ3) is 4.42. The van der Waals surface area contributed by atoms with Crippen LogP contribution in [0.4, 0.5) is 5.69 Å². The average molecular weight is 305 g/mol. The number of rotatable bonds is 4. The van der Waals surface area contributed by atoms with Crippen molar-refractivity contribution >= 4 is 23.0 Å². The molecule has 2 rings (SSSR count). The lowest BCUT2D eigenvalue weighted by molar-refractivity contribution is 0.104. The molecule has 1 aliphatic rings. The zero-order valence-corrected chi connectivity index (χ0v) is 14.2. The topological polar surface area (TPSA) is 27.3 Å². The van der Waals surface area contributed by atoms with Gasteiger partial charge in [0.05, 0.1) is 0 Å². The van der Waals surface area contributed by atoms with Crippen LogP contribution < -0.4 is 10.6 Å². The third-order valence-corrected chi connectivity index (χ3v) is 4.83. The van der Waals surface area contributed by atoms with Gasteiger partial charge in [-0.05, 0) is 63.8 Å². The first-order chi connectivity index (χ1) is 10.0. The Morgan fingerprint density at radius 2 is 1.95 bits per heavy atom. The second kappa shape index (κ2) is 7.23. The van der Waals surface area contributed by atoms with Crippen molar-refractivity contribution in [2.45, 2.75) is 44.6 Å². The molecule has 0 atom stereocenters. The van der Waals surface area contributed by atoms with Gasteiger partial charge in [-0.2, -0.15) is 0 Å². The SMILES string of the molecule is Cc1cccc(NC(=S)NCC2(N(C)C)CCCCC2)c1. The Bertz CT molecular complexity index is 479. The Balaban J connectivity index is 1.90. The predicted molar refractivity (Wildman–Crippen MR) is 94.9 cm³/mol. The summed E-state index contributed by atoms with van der Waals surface area (Å²) in [6.45, 7) is 3.00. The van der Waals surface area contributed by atoms with Gasteiger partial charge in [-0.25, -0.2) is 0 Å². The van der Waals surface area contributed by atoms with Gasteiger partial charge >= 0.3 is 0 Å². The van der Waals surface area contributed by atoms with E-state index in [1.165, 1.54) is 37.7 Å². The Hall–Kier alpha value is -1.13. The van der Waals surface area contributed by atoms with Crippen LogP contribution in [-0.4, -0.2) is 36.2 Å². The highest BCUT2D eigenvalue weighted by molar-refractivity contribution is 7.80. The third-order valence-electron chi connectivity index (χ3n) is 4.59. The minimum absolute atomic E-state index is 0.247. The molecular formula is C17H27N3S. The molecule has 0 spiro atoms. The maximum atomic E-state index is 5.44. The molecule has 0 unspecified atom stereocenters. The van der Waals surface area contributed by atoms with Crippen molar-refractivity contribution in [2.24, 2.45) is 0 Å². The fourth-order valence-corrected chi connectivity index (χ4v) is 3.32. The van der Waals surface area contributed by atoms with E-state index in [0.29, 0.717) is 5.11 Å². The van der Waals surface area contributed by atoms with E-state index in [1.807, 2.05) is 12.1 Å².